The number of anilines is 1. The first-order valence-electron chi connectivity index (χ1n) is 8.43. The van der Waals surface area contributed by atoms with Crippen LogP contribution in [0.3, 0.4) is 0 Å². The number of hydrogen-bond acceptors (Lipinski definition) is 3. The zero-order valence-corrected chi connectivity index (χ0v) is 15.9. The van der Waals surface area contributed by atoms with Crippen molar-refractivity contribution in [2.45, 2.75) is 33.1 Å². The van der Waals surface area contributed by atoms with E-state index in [0.717, 1.165) is 11.1 Å². The highest BCUT2D eigenvalue weighted by Crippen LogP contribution is 2.26. The van der Waals surface area contributed by atoms with Crippen LogP contribution in [-0.2, 0) is 10.2 Å². The van der Waals surface area contributed by atoms with Gasteiger partial charge in [-0.2, -0.15) is 5.26 Å². The number of hydrogen-bond donors (Lipinski definition) is 1. The van der Waals surface area contributed by atoms with Crippen LogP contribution >= 0.6 is 0 Å². The molecule has 0 aliphatic heterocycles. The Labute approximate surface area is 155 Å². The van der Waals surface area contributed by atoms with Crippen LogP contribution in [0.25, 0.3) is 6.08 Å². The molecule has 26 heavy (non-hydrogen) atoms. The summed E-state index contributed by atoms with van der Waals surface area (Å²) in [6.07, 6.45) is 1.59. The predicted octanol–water partition coefficient (Wildman–Crippen LogP) is 4.85. The molecule has 134 valence electrons. The normalized spacial score (nSPS) is 11.6. The van der Waals surface area contributed by atoms with E-state index in [1.807, 2.05) is 49.4 Å². The fourth-order valence-electron chi connectivity index (χ4n) is 2.50. The molecule has 2 aromatic carbocycles. The maximum absolute atomic E-state index is 12.5. The number of amides is 1. The summed E-state index contributed by atoms with van der Waals surface area (Å²) in [6, 6.07) is 15.3. The zero-order chi connectivity index (χ0) is 19.3. The van der Waals surface area contributed by atoms with Gasteiger partial charge < -0.3 is 10.1 Å². The number of aryl methyl sites for hydroxylation is 1. The molecule has 0 atom stereocenters. The second kappa shape index (κ2) is 7.88. The van der Waals surface area contributed by atoms with Crippen molar-refractivity contribution in [1.29, 1.82) is 5.26 Å². The smallest absolute Gasteiger partial charge is 0.266 e. The van der Waals surface area contributed by atoms with Crippen LogP contribution < -0.4 is 10.1 Å². The highest BCUT2D eigenvalue weighted by molar-refractivity contribution is 6.10. The van der Waals surface area contributed by atoms with Gasteiger partial charge in [-0.25, -0.2) is 0 Å². The number of benzene rings is 2. The third-order valence-corrected chi connectivity index (χ3v) is 4.06. The van der Waals surface area contributed by atoms with E-state index in [2.05, 4.69) is 26.1 Å². The predicted molar refractivity (Wildman–Crippen MR) is 105 cm³/mol. The van der Waals surface area contributed by atoms with Crippen LogP contribution in [-0.4, -0.2) is 13.0 Å². The molecule has 0 fully saturated rings. The highest BCUT2D eigenvalue weighted by Gasteiger charge is 2.14. The van der Waals surface area contributed by atoms with E-state index < -0.39 is 5.91 Å². The molecular weight excluding hydrogens is 324 g/mol. The molecule has 4 heteroatoms. The van der Waals surface area contributed by atoms with Gasteiger partial charge in [-0.1, -0.05) is 51.1 Å². The van der Waals surface area contributed by atoms with Gasteiger partial charge in [-0.3, -0.25) is 4.79 Å². The number of nitrogens with one attached hydrogen (secondary N) is 1. The van der Waals surface area contributed by atoms with Gasteiger partial charge in [0.2, 0.25) is 0 Å². The van der Waals surface area contributed by atoms with Crippen molar-refractivity contribution >= 4 is 17.7 Å². The third kappa shape index (κ3) is 4.73. The minimum Gasteiger partial charge on any atom is -0.495 e. The Morgan fingerprint density at radius 1 is 1.15 bits per heavy atom. The lowest BCUT2D eigenvalue weighted by molar-refractivity contribution is -0.112. The molecule has 0 aliphatic rings. The Hall–Kier alpha value is -3.06. The molecule has 0 heterocycles. The molecular formula is C22H24N2O2. The highest BCUT2D eigenvalue weighted by atomic mass is 16.5. The van der Waals surface area contributed by atoms with Gasteiger partial charge in [-0.05, 0) is 47.2 Å². The van der Waals surface area contributed by atoms with E-state index in [-0.39, 0.29) is 11.0 Å². The Morgan fingerprint density at radius 3 is 2.35 bits per heavy atom. The van der Waals surface area contributed by atoms with Gasteiger partial charge in [-0.15, -0.1) is 0 Å². The summed E-state index contributed by atoms with van der Waals surface area (Å²) < 4.78 is 5.26. The number of methoxy groups -OCH3 is 1. The lowest BCUT2D eigenvalue weighted by atomic mass is 9.86. The molecule has 0 bridgehead atoms. The first-order valence-corrected chi connectivity index (χ1v) is 8.43. The summed E-state index contributed by atoms with van der Waals surface area (Å²) in [4.78, 5) is 12.5. The Morgan fingerprint density at radius 2 is 1.81 bits per heavy atom. The van der Waals surface area contributed by atoms with E-state index >= 15 is 0 Å². The number of rotatable bonds is 4. The molecule has 2 rings (SSSR count). The number of ether oxygens (including phenoxy) is 1. The van der Waals surface area contributed by atoms with E-state index in [9.17, 15) is 10.1 Å². The maximum atomic E-state index is 12.5. The molecule has 0 radical (unpaired) electrons. The molecule has 2 aromatic rings. The monoisotopic (exact) mass is 348 g/mol. The van der Waals surface area contributed by atoms with Crippen molar-refractivity contribution in [2.24, 2.45) is 0 Å². The topological polar surface area (TPSA) is 62.1 Å². The second-order valence-corrected chi connectivity index (χ2v) is 7.20. The quantitative estimate of drug-likeness (QED) is 0.635. The van der Waals surface area contributed by atoms with Gasteiger partial charge >= 0.3 is 0 Å². The summed E-state index contributed by atoms with van der Waals surface area (Å²) in [6.45, 7) is 8.34. The average Bonchev–Trinajstić information content (AvgIpc) is 2.59. The average molecular weight is 348 g/mol. The van der Waals surface area contributed by atoms with Crippen LogP contribution in [0.1, 0.15) is 37.5 Å². The van der Waals surface area contributed by atoms with E-state index in [0.29, 0.717) is 11.4 Å². The maximum Gasteiger partial charge on any atom is 0.266 e. The number of carbonyl (C=O) groups excluding carboxylic acids is 1. The summed E-state index contributed by atoms with van der Waals surface area (Å²) in [5.74, 6) is 0.0899. The molecule has 1 N–H and O–H groups in total. The summed E-state index contributed by atoms with van der Waals surface area (Å²) >= 11 is 0. The number of nitriles is 1. The van der Waals surface area contributed by atoms with Crippen molar-refractivity contribution in [3.63, 3.8) is 0 Å². The summed E-state index contributed by atoms with van der Waals surface area (Å²) in [5.41, 5.74) is 3.63. The van der Waals surface area contributed by atoms with Crippen LogP contribution in [0, 0.1) is 18.3 Å². The first kappa shape index (κ1) is 19.3. The molecule has 1 amide bonds. The largest absolute Gasteiger partial charge is 0.495 e. The molecule has 0 aliphatic carbocycles. The fraction of sp³-hybridized carbons (Fsp3) is 0.273. The summed E-state index contributed by atoms with van der Waals surface area (Å²) in [7, 11) is 1.54. The molecule has 4 nitrogen and oxygen atoms in total. The Bertz CT molecular complexity index is 866. The third-order valence-electron chi connectivity index (χ3n) is 4.06. The number of carbonyl (C=O) groups is 1. The standard InChI is InChI=1S/C22H24N2O2/c1-15-6-11-20(26-5)19(12-15)24-21(25)17(14-23)13-16-7-9-18(10-8-16)22(2,3)4/h6-13H,1-5H3,(H,24,25)/b17-13+. The minimum atomic E-state index is -0.462. The zero-order valence-electron chi connectivity index (χ0n) is 15.9. The Balaban J connectivity index is 2.25. The van der Waals surface area contributed by atoms with Crippen LogP contribution in [0.2, 0.25) is 0 Å². The van der Waals surface area contributed by atoms with Crippen LogP contribution in [0.4, 0.5) is 5.69 Å². The lowest BCUT2D eigenvalue weighted by Gasteiger charge is -2.18. The van der Waals surface area contributed by atoms with E-state index in [1.54, 1.807) is 12.1 Å². The van der Waals surface area contributed by atoms with Crippen molar-refractivity contribution in [2.75, 3.05) is 12.4 Å². The minimum absolute atomic E-state index is 0.0390. The van der Waals surface area contributed by atoms with Gasteiger partial charge in [0.1, 0.15) is 17.4 Å². The van der Waals surface area contributed by atoms with Crippen molar-refractivity contribution in [3.05, 3.63) is 64.7 Å². The van der Waals surface area contributed by atoms with Gasteiger partial charge in [0.05, 0.1) is 12.8 Å². The van der Waals surface area contributed by atoms with Crippen LogP contribution in [0.5, 0.6) is 5.75 Å². The molecule has 0 saturated heterocycles. The Kier molecular flexibility index (Phi) is 5.84. The molecule has 0 unspecified atom stereocenters. The molecule has 0 aromatic heterocycles. The lowest BCUT2D eigenvalue weighted by Crippen LogP contribution is -2.14. The summed E-state index contributed by atoms with van der Waals surface area (Å²) in [5, 5.41) is 12.1. The molecule has 0 spiro atoms. The van der Waals surface area contributed by atoms with Crippen LogP contribution in [0.15, 0.2) is 48.0 Å². The van der Waals surface area contributed by atoms with E-state index in [1.165, 1.54) is 12.7 Å². The van der Waals surface area contributed by atoms with Gasteiger partial charge in [0, 0.05) is 0 Å². The van der Waals surface area contributed by atoms with Gasteiger partial charge in [0.25, 0.3) is 5.91 Å². The van der Waals surface area contributed by atoms with Crippen molar-refractivity contribution < 1.29 is 9.53 Å². The molecule has 0 saturated carbocycles. The van der Waals surface area contributed by atoms with Gasteiger partial charge in [0.15, 0.2) is 0 Å². The van der Waals surface area contributed by atoms with Crippen molar-refractivity contribution in [1.82, 2.24) is 0 Å². The number of nitrogens with zero attached hydrogens (tertiary/aromatic N) is 1. The first-order chi connectivity index (χ1) is 12.2. The second-order valence-electron chi connectivity index (χ2n) is 7.20. The fourth-order valence-corrected chi connectivity index (χ4v) is 2.50. The van der Waals surface area contributed by atoms with Crippen molar-refractivity contribution in [3.8, 4) is 11.8 Å². The SMILES string of the molecule is COc1ccc(C)cc1NC(=O)/C(C#N)=C/c1ccc(C(C)(C)C)cc1. The van der Waals surface area contributed by atoms with E-state index in [4.69, 9.17) is 4.74 Å².